The minimum Gasteiger partial charge on any atom is -0.409 e. The third-order valence-corrected chi connectivity index (χ3v) is 5.77. The highest BCUT2D eigenvalue weighted by atomic mass is 35.5. The summed E-state index contributed by atoms with van der Waals surface area (Å²) in [5, 5.41) is 10.4. The Kier molecular flexibility index (Phi) is 5.86. The molecule has 2 aromatic heterocycles. The number of rotatable bonds is 5. The lowest BCUT2D eigenvalue weighted by molar-refractivity contribution is -0.121. The van der Waals surface area contributed by atoms with Gasteiger partial charge < -0.3 is 9.73 Å². The predicted molar refractivity (Wildman–Crippen MR) is 111 cm³/mol. The van der Waals surface area contributed by atoms with E-state index in [9.17, 15) is 4.79 Å². The minimum absolute atomic E-state index is 0.00279. The first-order valence-corrected chi connectivity index (χ1v) is 10.5. The van der Waals surface area contributed by atoms with Crippen molar-refractivity contribution in [3.8, 4) is 11.5 Å². The molecule has 146 valence electrons. The summed E-state index contributed by atoms with van der Waals surface area (Å²) in [6.07, 6.45) is 3.46. The average molecular weight is 436 g/mol. The number of nitrogens with one attached hydrogen (secondary N) is 1. The molecule has 0 saturated carbocycles. The molecule has 1 N–H and O–H groups in total. The maximum atomic E-state index is 12.5. The van der Waals surface area contributed by atoms with Gasteiger partial charge in [-0.05, 0) is 49.8 Å². The fourth-order valence-electron chi connectivity index (χ4n) is 3.21. The zero-order chi connectivity index (χ0) is 19.5. The number of hydrogen-bond donors (Lipinski definition) is 1. The quantitative estimate of drug-likeness (QED) is 0.602. The van der Waals surface area contributed by atoms with Gasteiger partial charge in [-0.1, -0.05) is 17.7 Å². The van der Waals surface area contributed by atoms with Gasteiger partial charge in [-0.25, -0.2) is 9.67 Å². The fraction of sp³-hybridized carbons (Fsp3) is 0.333. The summed E-state index contributed by atoms with van der Waals surface area (Å²) in [5.74, 6) is 0.344. The second kappa shape index (κ2) is 8.52. The van der Waals surface area contributed by atoms with Gasteiger partial charge >= 0.3 is 0 Å². The molecular weight excluding hydrogens is 418 g/mol. The van der Waals surface area contributed by atoms with E-state index >= 15 is 0 Å². The number of carbonyl (C=O) groups is 1. The highest BCUT2D eigenvalue weighted by Crippen LogP contribution is 2.23. The van der Waals surface area contributed by atoms with Gasteiger partial charge in [-0.3, -0.25) is 9.69 Å². The van der Waals surface area contributed by atoms with Gasteiger partial charge in [0.2, 0.25) is 11.8 Å². The molecule has 0 spiro atoms. The number of nitrogens with zero attached hydrogens (tertiary/aromatic N) is 4. The Morgan fingerprint density at radius 1 is 1.46 bits per heavy atom. The van der Waals surface area contributed by atoms with Gasteiger partial charge in [0.15, 0.2) is 5.13 Å². The fourth-order valence-corrected chi connectivity index (χ4v) is 4.11. The van der Waals surface area contributed by atoms with Gasteiger partial charge in [0.1, 0.15) is 0 Å². The number of aromatic nitrogens is 3. The van der Waals surface area contributed by atoms with Crippen LogP contribution in [0.1, 0.15) is 12.8 Å². The van der Waals surface area contributed by atoms with E-state index in [-0.39, 0.29) is 11.8 Å². The van der Waals surface area contributed by atoms with E-state index in [1.165, 1.54) is 11.3 Å². The molecule has 1 amide bonds. The van der Waals surface area contributed by atoms with Crippen molar-refractivity contribution >= 4 is 46.2 Å². The Hall–Kier alpha value is -2.07. The summed E-state index contributed by atoms with van der Waals surface area (Å²) in [6, 6.07) is 7.29. The molecule has 1 aliphatic heterocycles. The molecule has 0 bridgehead atoms. The molecule has 1 fully saturated rings. The number of amides is 1. The molecule has 0 aliphatic carbocycles. The van der Waals surface area contributed by atoms with Crippen LogP contribution in [0.5, 0.6) is 0 Å². The lowest BCUT2D eigenvalue weighted by Crippen LogP contribution is -2.41. The van der Waals surface area contributed by atoms with Gasteiger partial charge in [0.05, 0.1) is 12.6 Å². The maximum Gasteiger partial charge on any atom is 0.288 e. The third kappa shape index (κ3) is 4.49. The van der Waals surface area contributed by atoms with Gasteiger partial charge in [-0.15, -0.1) is 16.4 Å². The van der Waals surface area contributed by atoms with Crippen molar-refractivity contribution in [1.82, 2.24) is 19.7 Å². The number of hydrogen-bond acceptors (Lipinski definition) is 7. The molecule has 1 unspecified atom stereocenters. The van der Waals surface area contributed by atoms with E-state index in [2.05, 4.69) is 20.3 Å². The topological polar surface area (TPSA) is 76.2 Å². The van der Waals surface area contributed by atoms with Crippen LogP contribution < -0.4 is 5.32 Å². The number of piperidine rings is 1. The second-order valence-electron chi connectivity index (χ2n) is 6.57. The van der Waals surface area contributed by atoms with Crippen LogP contribution >= 0.6 is 35.2 Å². The predicted octanol–water partition coefficient (Wildman–Crippen LogP) is 4.29. The zero-order valence-electron chi connectivity index (χ0n) is 14.9. The summed E-state index contributed by atoms with van der Waals surface area (Å²) >= 11 is 12.8. The summed E-state index contributed by atoms with van der Waals surface area (Å²) in [4.78, 5) is 19.1. The van der Waals surface area contributed by atoms with Crippen molar-refractivity contribution in [3.05, 3.63) is 45.7 Å². The maximum absolute atomic E-state index is 12.5. The molecule has 1 aliphatic rings. The lowest BCUT2D eigenvalue weighted by Gasteiger charge is -2.31. The molecule has 4 rings (SSSR count). The molecule has 1 saturated heterocycles. The SMILES string of the molecule is O=C(Nc1nccs1)C1CCCN(Cn2nc(-c3cccc(Cl)c3)oc2=S)C1. The Morgan fingerprint density at radius 2 is 2.36 bits per heavy atom. The molecule has 10 heteroatoms. The molecule has 3 aromatic rings. The van der Waals surface area contributed by atoms with E-state index < -0.39 is 0 Å². The van der Waals surface area contributed by atoms with Crippen molar-refractivity contribution in [2.24, 2.45) is 5.92 Å². The first-order valence-electron chi connectivity index (χ1n) is 8.85. The Morgan fingerprint density at radius 3 is 3.14 bits per heavy atom. The molecular formula is C18H18ClN5O2S2. The van der Waals surface area contributed by atoms with E-state index in [0.717, 1.165) is 24.9 Å². The molecule has 7 nitrogen and oxygen atoms in total. The Balaban J connectivity index is 1.42. The summed E-state index contributed by atoms with van der Waals surface area (Å²) in [5.41, 5.74) is 0.775. The van der Waals surface area contributed by atoms with Crippen LogP contribution in [-0.4, -0.2) is 38.7 Å². The van der Waals surface area contributed by atoms with Crippen LogP contribution in [0, 0.1) is 10.8 Å². The summed E-state index contributed by atoms with van der Waals surface area (Å²) in [7, 11) is 0. The number of likely N-dealkylation sites (tertiary alicyclic amines) is 1. The third-order valence-electron chi connectivity index (χ3n) is 4.55. The van der Waals surface area contributed by atoms with Crippen LogP contribution in [0.25, 0.3) is 11.5 Å². The standard InChI is InChI=1S/C18H18ClN5O2S2/c19-14-5-1-3-12(9-14)16-22-24(18(27)26-16)11-23-7-2-4-13(10-23)15(25)21-17-20-6-8-28-17/h1,3,5-6,8-9,13H,2,4,7,10-11H2,(H,20,21,25). The van der Waals surface area contributed by atoms with E-state index in [0.29, 0.717) is 34.1 Å². The van der Waals surface area contributed by atoms with E-state index in [1.54, 1.807) is 23.0 Å². The van der Waals surface area contributed by atoms with Crippen LogP contribution in [0.4, 0.5) is 5.13 Å². The minimum atomic E-state index is -0.0916. The van der Waals surface area contributed by atoms with Crippen molar-refractivity contribution in [2.75, 3.05) is 18.4 Å². The van der Waals surface area contributed by atoms with Crippen molar-refractivity contribution in [3.63, 3.8) is 0 Å². The molecule has 0 radical (unpaired) electrons. The van der Waals surface area contributed by atoms with Crippen LogP contribution in [0.2, 0.25) is 5.02 Å². The van der Waals surface area contributed by atoms with Crippen molar-refractivity contribution in [1.29, 1.82) is 0 Å². The number of anilines is 1. The smallest absolute Gasteiger partial charge is 0.288 e. The van der Waals surface area contributed by atoms with Crippen LogP contribution in [0.3, 0.4) is 0 Å². The average Bonchev–Trinajstić information content (AvgIpc) is 3.32. The van der Waals surface area contributed by atoms with Crippen molar-refractivity contribution in [2.45, 2.75) is 19.5 Å². The monoisotopic (exact) mass is 435 g/mol. The Labute approximate surface area is 175 Å². The highest BCUT2D eigenvalue weighted by Gasteiger charge is 2.27. The summed E-state index contributed by atoms with van der Waals surface area (Å²) < 4.78 is 7.28. The van der Waals surface area contributed by atoms with Crippen molar-refractivity contribution < 1.29 is 9.21 Å². The lowest BCUT2D eigenvalue weighted by atomic mass is 9.97. The normalized spacial score (nSPS) is 17.5. The van der Waals surface area contributed by atoms with Gasteiger partial charge in [-0.2, -0.15) is 0 Å². The van der Waals surface area contributed by atoms with Crippen LogP contribution in [0.15, 0.2) is 40.3 Å². The second-order valence-corrected chi connectivity index (χ2v) is 8.25. The first kappa shape index (κ1) is 19.3. The van der Waals surface area contributed by atoms with E-state index in [4.69, 9.17) is 28.2 Å². The number of benzene rings is 1. The van der Waals surface area contributed by atoms with Gasteiger partial charge in [0, 0.05) is 28.7 Å². The van der Waals surface area contributed by atoms with E-state index in [1.807, 2.05) is 17.5 Å². The molecule has 1 aromatic carbocycles. The Bertz CT molecular complexity index is 1020. The molecule has 3 heterocycles. The molecule has 28 heavy (non-hydrogen) atoms. The highest BCUT2D eigenvalue weighted by molar-refractivity contribution is 7.71. The number of carbonyl (C=O) groups excluding carboxylic acids is 1. The number of halogens is 1. The summed E-state index contributed by atoms with van der Waals surface area (Å²) in [6.45, 7) is 1.99. The van der Waals surface area contributed by atoms with Crippen LogP contribution in [-0.2, 0) is 11.5 Å². The largest absolute Gasteiger partial charge is 0.409 e. The molecule has 1 atom stereocenters. The first-order chi connectivity index (χ1) is 13.6. The zero-order valence-corrected chi connectivity index (χ0v) is 17.3. The van der Waals surface area contributed by atoms with Gasteiger partial charge in [0.25, 0.3) is 4.84 Å². The number of thiazole rings is 1.